The Morgan fingerprint density at radius 2 is 1.55 bits per heavy atom. The normalized spacial score (nSPS) is 20.0. The van der Waals surface area contributed by atoms with Gasteiger partial charge in [0.05, 0.1) is 13.2 Å². The molecule has 0 bridgehead atoms. The van der Waals surface area contributed by atoms with Gasteiger partial charge in [0, 0.05) is 19.6 Å². The van der Waals surface area contributed by atoms with Crippen molar-refractivity contribution in [2.75, 3.05) is 39.4 Å². The van der Waals surface area contributed by atoms with E-state index >= 15 is 0 Å². The highest BCUT2D eigenvalue weighted by molar-refractivity contribution is 5.85. The van der Waals surface area contributed by atoms with Crippen molar-refractivity contribution in [2.24, 2.45) is 5.92 Å². The summed E-state index contributed by atoms with van der Waals surface area (Å²) in [6.07, 6.45) is 3.91. The maximum absolute atomic E-state index is 5.39. The Morgan fingerprint density at radius 3 is 2.18 bits per heavy atom. The Labute approximate surface area is 146 Å². The van der Waals surface area contributed by atoms with Gasteiger partial charge in [-0.05, 0) is 49.4 Å². The standard InChI is InChI=1S/C17H26N2O.2ClH/c1-3-17(14-19-9-11-20-12-10-19)4-2-15(1)13-16-5-7-18-8-6-16;;/h1-4,16,18H,5-14H2;2*1H. The van der Waals surface area contributed by atoms with Gasteiger partial charge in [-0.15, -0.1) is 24.8 Å². The molecular formula is C17H28Cl2N2O. The number of nitrogens with one attached hydrogen (secondary N) is 1. The molecule has 0 radical (unpaired) electrons. The van der Waals surface area contributed by atoms with Gasteiger partial charge in [-0.25, -0.2) is 0 Å². The second-order valence-corrected chi connectivity index (χ2v) is 6.10. The molecule has 1 aromatic carbocycles. The first kappa shape index (κ1) is 19.7. The summed E-state index contributed by atoms with van der Waals surface area (Å²) in [5, 5.41) is 3.44. The summed E-state index contributed by atoms with van der Waals surface area (Å²) in [7, 11) is 0. The van der Waals surface area contributed by atoms with Crippen LogP contribution in [0.4, 0.5) is 0 Å². The van der Waals surface area contributed by atoms with Crippen molar-refractivity contribution in [2.45, 2.75) is 25.8 Å². The van der Waals surface area contributed by atoms with Crippen LogP contribution in [0.5, 0.6) is 0 Å². The number of morpholine rings is 1. The summed E-state index contributed by atoms with van der Waals surface area (Å²) >= 11 is 0. The van der Waals surface area contributed by atoms with Gasteiger partial charge in [-0.3, -0.25) is 4.90 Å². The number of rotatable bonds is 4. The highest BCUT2D eigenvalue weighted by Gasteiger charge is 2.14. The second-order valence-electron chi connectivity index (χ2n) is 6.10. The van der Waals surface area contributed by atoms with Gasteiger partial charge in [0.2, 0.25) is 0 Å². The van der Waals surface area contributed by atoms with Gasteiger partial charge in [0.15, 0.2) is 0 Å². The average molecular weight is 347 g/mol. The van der Waals surface area contributed by atoms with Crippen LogP contribution in [0, 0.1) is 5.92 Å². The number of ether oxygens (including phenoxy) is 1. The lowest BCUT2D eigenvalue weighted by Gasteiger charge is -2.26. The van der Waals surface area contributed by atoms with Gasteiger partial charge >= 0.3 is 0 Å². The van der Waals surface area contributed by atoms with Crippen LogP contribution in [0.15, 0.2) is 24.3 Å². The molecule has 0 aromatic heterocycles. The third-order valence-corrected chi connectivity index (χ3v) is 4.52. The lowest BCUT2D eigenvalue weighted by molar-refractivity contribution is 0.0342. The molecule has 0 spiro atoms. The van der Waals surface area contributed by atoms with Crippen molar-refractivity contribution >= 4 is 24.8 Å². The molecule has 2 aliphatic heterocycles. The minimum atomic E-state index is 0. The quantitative estimate of drug-likeness (QED) is 0.906. The highest BCUT2D eigenvalue weighted by Crippen LogP contribution is 2.18. The molecule has 1 N–H and O–H groups in total. The van der Waals surface area contributed by atoms with Crippen LogP contribution in [0.1, 0.15) is 24.0 Å². The van der Waals surface area contributed by atoms with Gasteiger partial charge < -0.3 is 10.1 Å². The van der Waals surface area contributed by atoms with Crippen molar-refractivity contribution in [3.05, 3.63) is 35.4 Å². The third kappa shape index (κ3) is 6.05. The predicted octanol–water partition coefficient (Wildman–Crippen LogP) is 2.90. The number of benzene rings is 1. The summed E-state index contributed by atoms with van der Waals surface area (Å²) in [6, 6.07) is 9.29. The van der Waals surface area contributed by atoms with E-state index in [4.69, 9.17) is 4.74 Å². The Morgan fingerprint density at radius 1 is 0.955 bits per heavy atom. The molecule has 2 fully saturated rings. The van der Waals surface area contributed by atoms with Gasteiger partial charge in [-0.2, -0.15) is 0 Å². The first-order valence-corrected chi connectivity index (χ1v) is 7.99. The van der Waals surface area contributed by atoms with Crippen LogP contribution in [0.25, 0.3) is 0 Å². The molecule has 0 unspecified atom stereocenters. The average Bonchev–Trinajstić information content (AvgIpc) is 2.51. The van der Waals surface area contributed by atoms with Crippen LogP contribution in [-0.4, -0.2) is 44.3 Å². The molecule has 3 rings (SSSR count). The van der Waals surface area contributed by atoms with Crippen LogP contribution < -0.4 is 5.32 Å². The van der Waals surface area contributed by atoms with E-state index in [-0.39, 0.29) is 24.8 Å². The first-order chi connectivity index (χ1) is 9.90. The molecule has 5 heteroatoms. The molecule has 0 aliphatic carbocycles. The van der Waals surface area contributed by atoms with E-state index in [1.54, 1.807) is 0 Å². The Bertz CT molecular complexity index is 363. The Hall–Kier alpha value is -0.320. The van der Waals surface area contributed by atoms with Crippen molar-refractivity contribution in [1.82, 2.24) is 10.2 Å². The number of hydrogen-bond acceptors (Lipinski definition) is 3. The molecule has 22 heavy (non-hydrogen) atoms. The summed E-state index contributed by atoms with van der Waals surface area (Å²) < 4.78 is 5.39. The van der Waals surface area contributed by atoms with Crippen molar-refractivity contribution in [1.29, 1.82) is 0 Å². The number of halogens is 2. The highest BCUT2D eigenvalue weighted by atomic mass is 35.5. The van der Waals surface area contributed by atoms with E-state index < -0.39 is 0 Å². The molecule has 3 nitrogen and oxygen atoms in total. The molecule has 0 amide bonds. The first-order valence-electron chi connectivity index (χ1n) is 7.99. The summed E-state index contributed by atoms with van der Waals surface area (Å²) in [5.41, 5.74) is 2.93. The lowest BCUT2D eigenvalue weighted by Crippen LogP contribution is -2.35. The summed E-state index contributed by atoms with van der Waals surface area (Å²) in [4.78, 5) is 2.48. The number of hydrogen-bond donors (Lipinski definition) is 1. The largest absolute Gasteiger partial charge is 0.379 e. The second kappa shape index (κ2) is 10.5. The fourth-order valence-electron chi connectivity index (χ4n) is 3.22. The van der Waals surface area contributed by atoms with Gasteiger partial charge in [0.25, 0.3) is 0 Å². The van der Waals surface area contributed by atoms with Crippen LogP contribution in [0.2, 0.25) is 0 Å². The van der Waals surface area contributed by atoms with E-state index in [1.807, 2.05) is 0 Å². The van der Waals surface area contributed by atoms with E-state index in [1.165, 1.54) is 43.5 Å². The monoisotopic (exact) mass is 346 g/mol. The zero-order valence-electron chi connectivity index (χ0n) is 13.1. The van der Waals surface area contributed by atoms with E-state index in [0.29, 0.717) is 0 Å². The van der Waals surface area contributed by atoms with E-state index in [2.05, 4.69) is 34.5 Å². The van der Waals surface area contributed by atoms with Crippen LogP contribution in [0.3, 0.4) is 0 Å². The molecule has 1 aromatic rings. The topological polar surface area (TPSA) is 24.5 Å². The summed E-state index contributed by atoms with van der Waals surface area (Å²) in [5.74, 6) is 0.876. The molecule has 0 saturated carbocycles. The molecular weight excluding hydrogens is 319 g/mol. The van der Waals surface area contributed by atoms with E-state index in [0.717, 1.165) is 38.8 Å². The third-order valence-electron chi connectivity index (χ3n) is 4.52. The van der Waals surface area contributed by atoms with Crippen LogP contribution in [-0.2, 0) is 17.7 Å². The van der Waals surface area contributed by atoms with Crippen molar-refractivity contribution in [3.8, 4) is 0 Å². The fourth-order valence-corrected chi connectivity index (χ4v) is 3.22. The van der Waals surface area contributed by atoms with Gasteiger partial charge in [-0.1, -0.05) is 24.3 Å². The number of nitrogens with zero attached hydrogens (tertiary/aromatic N) is 1. The summed E-state index contributed by atoms with van der Waals surface area (Å²) in [6.45, 7) is 7.35. The molecule has 126 valence electrons. The zero-order valence-corrected chi connectivity index (χ0v) is 14.8. The molecule has 2 saturated heterocycles. The van der Waals surface area contributed by atoms with E-state index in [9.17, 15) is 0 Å². The number of piperidine rings is 1. The minimum absolute atomic E-state index is 0. The van der Waals surface area contributed by atoms with Crippen molar-refractivity contribution in [3.63, 3.8) is 0 Å². The van der Waals surface area contributed by atoms with Crippen molar-refractivity contribution < 1.29 is 4.74 Å². The Balaban J connectivity index is 0.00000121. The maximum atomic E-state index is 5.39. The lowest BCUT2D eigenvalue weighted by atomic mass is 9.91. The predicted molar refractivity (Wildman–Crippen MR) is 96.3 cm³/mol. The molecule has 0 atom stereocenters. The maximum Gasteiger partial charge on any atom is 0.0594 e. The Kier molecular flexibility index (Phi) is 9.37. The molecule has 2 aliphatic rings. The zero-order chi connectivity index (χ0) is 13.6. The molecule has 2 heterocycles. The van der Waals surface area contributed by atoms with Crippen LogP contribution >= 0.6 is 24.8 Å². The van der Waals surface area contributed by atoms with Gasteiger partial charge in [0.1, 0.15) is 0 Å². The smallest absolute Gasteiger partial charge is 0.0594 e. The fraction of sp³-hybridized carbons (Fsp3) is 0.647. The minimum Gasteiger partial charge on any atom is -0.379 e. The SMILES string of the molecule is Cl.Cl.c1cc(CN2CCOCC2)ccc1CC1CCNCC1.